The fraction of sp³-hybridized carbons (Fsp3) is 0.680. The van der Waals surface area contributed by atoms with Crippen LogP contribution in [-0.4, -0.2) is 44.3 Å². The van der Waals surface area contributed by atoms with Crippen LogP contribution in [0.2, 0.25) is 0 Å². The molecule has 8 heteroatoms. The van der Waals surface area contributed by atoms with E-state index in [2.05, 4.69) is 20.8 Å². The number of aromatic carboxylic acids is 1. The van der Waals surface area contributed by atoms with Crippen molar-refractivity contribution in [2.75, 3.05) is 0 Å². The number of carboxylic acids is 4. The van der Waals surface area contributed by atoms with Crippen LogP contribution in [0.4, 0.5) is 0 Å². The zero-order valence-electron chi connectivity index (χ0n) is 37.0. The predicted octanol–water partition coefficient (Wildman–Crippen LogP) is 14.8. The number of benzene rings is 2. The van der Waals surface area contributed by atoms with Gasteiger partial charge in [0.05, 0.1) is 11.5 Å². The van der Waals surface area contributed by atoms with Crippen LogP contribution < -0.4 is 0 Å². The summed E-state index contributed by atoms with van der Waals surface area (Å²) in [5.74, 6) is -3.08. The Morgan fingerprint density at radius 3 is 1.02 bits per heavy atom. The van der Waals surface area contributed by atoms with Gasteiger partial charge >= 0.3 is 23.9 Å². The number of carbonyl (C=O) groups is 4. The molecule has 332 valence electrons. The van der Waals surface area contributed by atoms with Crippen molar-refractivity contribution in [1.29, 1.82) is 0 Å². The molecule has 2 aromatic carbocycles. The molecule has 0 saturated carbocycles. The molecule has 2 aromatic rings. The second-order valence-corrected chi connectivity index (χ2v) is 15.6. The molecule has 0 aromatic heterocycles. The van der Waals surface area contributed by atoms with Gasteiger partial charge in [-0.25, -0.2) is 4.79 Å². The largest absolute Gasteiger partial charge is 0.481 e. The maximum absolute atomic E-state index is 11.3. The van der Waals surface area contributed by atoms with Gasteiger partial charge in [0.15, 0.2) is 0 Å². The van der Waals surface area contributed by atoms with Gasteiger partial charge in [0.2, 0.25) is 0 Å². The number of unbranched alkanes of at least 4 members (excludes halogenated alkanes) is 23. The molecule has 0 bridgehead atoms. The minimum atomic E-state index is -0.879. The van der Waals surface area contributed by atoms with Gasteiger partial charge in [-0.15, -0.1) is 0 Å². The summed E-state index contributed by atoms with van der Waals surface area (Å²) >= 11 is 0. The predicted molar refractivity (Wildman–Crippen MR) is 241 cm³/mol. The zero-order valence-corrected chi connectivity index (χ0v) is 37.0. The van der Waals surface area contributed by atoms with Crippen LogP contribution in [0.25, 0.3) is 0 Å². The van der Waals surface area contributed by atoms with E-state index in [0.717, 1.165) is 44.1 Å². The Labute approximate surface area is 353 Å². The molecule has 0 aliphatic heterocycles. The number of hydrogen-bond donors (Lipinski definition) is 4. The topological polar surface area (TPSA) is 149 Å². The minimum Gasteiger partial charge on any atom is -0.481 e. The molecule has 0 amide bonds. The zero-order chi connectivity index (χ0) is 43.3. The Morgan fingerprint density at radius 2 is 0.724 bits per heavy atom. The number of rotatable bonds is 33. The van der Waals surface area contributed by atoms with E-state index in [4.69, 9.17) is 15.3 Å². The number of hydrogen-bond acceptors (Lipinski definition) is 4. The Kier molecular flexibility index (Phi) is 43.2. The molecule has 2 rings (SSSR count). The molecule has 58 heavy (non-hydrogen) atoms. The summed E-state index contributed by atoms with van der Waals surface area (Å²) in [6.07, 6.45) is 34.5. The van der Waals surface area contributed by atoms with Gasteiger partial charge in [-0.1, -0.05) is 223 Å². The Hall–Kier alpha value is -3.68. The lowest BCUT2D eigenvalue weighted by Gasteiger charge is -2.12. The third-order valence-electron chi connectivity index (χ3n) is 10.1. The van der Waals surface area contributed by atoms with Crippen molar-refractivity contribution in [2.45, 2.75) is 213 Å². The first-order valence-electron chi connectivity index (χ1n) is 23.1. The summed E-state index contributed by atoms with van der Waals surface area (Å²) in [6, 6.07) is 18.3. The van der Waals surface area contributed by atoms with Gasteiger partial charge in [0.25, 0.3) is 0 Å². The van der Waals surface area contributed by atoms with Crippen molar-refractivity contribution < 1.29 is 39.6 Å². The second kappa shape index (κ2) is 44.4. The summed E-state index contributed by atoms with van der Waals surface area (Å²) in [5, 5.41) is 34.5. The first kappa shape index (κ1) is 56.4. The standard InChI is InChI=1S/C19H30O2.2C12H24O2.C7H6O2/c1-2-3-4-5-6-7-8-12-15-18(19(20)21)16-17-13-10-9-11-14-17;2*1-2-3-4-5-6-7-8-9-10-11-12(13)14;8-7(9)6-4-2-1-3-5-6/h9-11,13-14,18H,2-8,12,15-16H2,1H3,(H,20,21);2*2-11H2,1H3,(H,13,14);1-5H,(H,8,9). The van der Waals surface area contributed by atoms with Crippen LogP contribution in [-0.2, 0) is 20.8 Å². The molecule has 1 unspecified atom stereocenters. The number of aliphatic carboxylic acids is 3. The molecule has 0 spiro atoms. The highest BCUT2D eigenvalue weighted by molar-refractivity contribution is 5.87. The van der Waals surface area contributed by atoms with E-state index in [1.54, 1.807) is 30.3 Å². The lowest BCUT2D eigenvalue weighted by atomic mass is 9.93. The second-order valence-electron chi connectivity index (χ2n) is 15.6. The van der Waals surface area contributed by atoms with Crippen molar-refractivity contribution in [3.8, 4) is 0 Å². The highest BCUT2D eigenvalue weighted by Crippen LogP contribution is 2.18. The summed E-state index contributed by atoms with van der Waals surface area (Å²) in [4.78, 5) is 42.0. The summed E-state index contributed by atoms with van der Waals surface area (Å²) in [7, 11) is 0. The average Bonchev–Trinajstić information content (AvgIpc) is 3.21. The molecule has 1 atom stereocenters. The average molecular weight is 813 g/mol. The van der Waals surface area contributed by atoms with Gasteiger partial charge in [-0.2, -0.15) is 0 Å². The van der Waals surface area contributed by atoms with E-state index in [9.17, 15) is 24.3 Å². The molecule has 0 heterocycles. The van der Waals surface area contributed by atoms with Crippen LogP contribution in [0.1, 0.15) is 223 Å². The Morgan fingerprint density at radius 1 is 0.414 bits per heavy atom. The first-order valence-corrected chi connectivity index (χ1v) is 23.1. The van der Waals surface area contributed by atoms with E-state index >= 15 is 0 Å². The summed E-state index contributed by atoms with van der Waals surface area (Å²) < 4.78 is 0. The summed E-state index contributed by atoms with van der Waals surface area (Å²) in [5.41, 5.74) is 1.46. The van der Waals surface area contributed by atoms with E-state index in [0.29, 0.717) is 24.8 Å². The molecule has 0 saturated heterocycles. The van der Waals surface area contributed by atoms with Gasteiger partial charge in [-0.3, -0.25) is 14.4 Å². The minimum absolute atomic E-state index is 0.229. The molecule has 0 aliphatic carbocycles. The van der Waals surface area contributed by atoms with Gasteiger partial charge in [0.1, 0.15) is 0 Å². The smallest absolute Gasteiger partial charge is 0.335 e. The molecular weight excluding hydrogens is 729 g/mol. The van der Waals surface area contributed by atoms with Crippen molar-refractivity contribution in [2.24, 2.45) is 5.92 Å². The fourth-order valence-corrected chi connectivity index (χ4v) is 6.49. The van der Waals surface area contributed by atoms with Crippen LogP contribution in [0.15, 0.2) is 60.7 Å². The lowest BCUT2D eigenvalue weighted by molar-refractivity contribution is -0.142. The van der Waals surface area contributed by atoms with Crippen LogP contribution in [0.5, 0.6) is 0 Å². The van der Waals surface area contributed by atoms with Crippen molar-refractivity contribution in [3.05, 3.63) is 71.8 Å². The van der Waals surface area contributed by atoms with Crippen molar-refractivity contribution in [3.63, 3.8) is 0 Å². The molecule has 8 nitrogen and oxygen atoms in total. The Balaban J connectivity index is 0. The van der Waals surface area contributed by atoms with Gasteiger partial charge in [0, 0.05) is 12.8 Å². The maximum atomic E-state index is 11.3. The SMILES string of the molecule is CCCCCCCCCCC(Cc1ccccc1)C(=O)O.CCCCCCCCCCCC(=O)O.CCCCCCCCCCCC(=O)O.O=C(O)c1ccccc1. The fourth-order valence-electron chi connectivity index (χ4n) is 6.49. The number of carboxylic acid groups (broad SMARTS) is 4. The monoisotopic (exact) mass is 813 g/mol. The third kappa shape index (κ3) is 43.4. The lowest BCUT2D eigenvalue weighted by Crippen LogP contribution is -2.16. The van der Waals surface area contributed by atoms with Crippen molar-refractivity contribution in [1.82, 2.24) is 0 Å². The molecule has 0 fully saturated rings. The van der Waals surface area contributed by atoms with Crippen molar-refractivity contribution >= 4 is 23.9 Å². The maximum Gasteiger partial charge on any atom is 0.335 e. The quantitative estimate of drug-likeness (QED) is 0.0520. The van der Waals surface area contributed by atoms with E-state index < -0.39 is 23.9 Å². The first-order chi connectivity index (χ1) is 28.1. The third-order valence-corrected chi connectivity index (χ3v) is 10.1. The molecule has 4 N–H and O–H groups in total. The molecular formula is C50H84O8. The van der Waals surface area contributed by atoms with E-state index in [-0.39, 0.29) is 5.92 Å². The molecule has 0 aliphatic rings. The van der Waals surface area contributed by atoms with E-state index in [1.807, 2.05) is 30.3 Å². The highest BCUT2D eigenvalue weighted by Gasteiger charge is 2.17. The Bertz CT molecular complexity index is 1170. The van der Waals surface area contributed by atoms with Crippen LogP contribution in [0.3, 0.4) is 0 Å². The van der Waals surface area contributed by atoms with Gasteiger partial charge in [-0.05, 0) is 43.4 Å². The highest BCUT2D eigenvalue weighted by atomic mass is 16.4. The van der Waals surface area contributed by atoms with Crippen LogP contribution in [0, 0.1) is 5.92 Å². The van der Waals surface area contributed by atoms with Gasteiger partial charge < -0.3 is 20.4 Å². The van der Waals surface area contributed by atoms with Crippen LogP contribution >= 0.6 is 0 Å². The van der Waals surface area contributed by atoms with E-state index in [1.165, 1.54) is 135 Å². The summed E-state index contributed by atoms with van der Waals surface area (Å²) in [6.45, 7) is 6.69. The molecule has 0 radical (unpaired) electrons. The normalized spacial score (nSPS) is 10.8.